The third-order valence-corrected chi connectivity index (χ3v) is 6.01. The van der Waals surface area contributed by atoms with Crippen LogP contribution in [-0.2, 0) is 13.2 Å². The molecule has 0 saturated carbocycles. The summed E-state index contributed by atoms with van der Waals surface area (Å²) in [7, 11) is 0. The van der Waals surface area contributed by atoms with Gasteiger partial charge in [0.05, 0.1) is 0 Å². The van der Waals surface area contributed by atoms with Gasteiger partial charge in [-0.2, -0.15) is 0 Å². The molecular weight excluding hydrogens is 428 g/mol. The van der Waals surface area contributed by atoms with Crippen LogP contribution in [0.25, 0.3) is 10.8 Å². The Labute approximate surface area is 198 Å². The first-order chi connectivity index (χ1) is 16.7. The van der Waals surface area contributed by atoms with Crippen LogP contribution in [0.1, 0.15) is 45.1 Å². The van der Waals surface area contributed by atoms with Gasteiger partial charge in [-0.3, -0.25) is 9.59 Å². The predicted octanol–water partition coefficient (Wildman–Crippen LogP) is 5.18. The van der Waals surface area contributed by atoms with Crippen molar-refractivity contribution < 1.29 is 18.7 Å². The van der Waals surface area contributed by atoms with E-state index >= 15 is 0 Å². The maximum absolute atomic E-state index is 12.6. The highest BCUT2D eigenvalue weighted by molar-refractivity contribution is 5.94. The van der Waals surface area contributed by atoms with Crippen LogP contribution >= 0.6 is 0 Å². The van der Waals surface area contributed by atoms with Crippen LogP contribution in [0.15, 0.2) is 83.3 Å². The van der Waals surface area contributed by atoms with Gasteiger partial charge in [-0.05, 0) is 65.6 Å². The van der Waals surface area contributed by atoms with E-state index in [1.165, 1.54) is 0 Å². The Kier molecular flexibility index (Phi) is 6.29. The van der Waals surface area contributed by atoms with E-state index in [0.29, 0.717) is 17.9 Å². The number of amides is 2. The molecule has 0 unspecified atom stereocenters. The van der Waals surface area contributed by atoms with E-state index in [0.717, 1.165) is 48.0 Å². The number of benzene rings is 3. The minimum absolute atomic E-state index is 0.0489. The first kappa shape index (κ1) is 21.8. The van der Waals surface area contributed by atoms with Crippen molar-refractivity contribution >= 4 is 22.6 Å². The molecule has 34 heavy (non-hydrogen) atoms. The fraction of sp³-hybridized carbons (Fsp3) is 0.214. The van der Waals surface area contributed by atoms with Crippen LogP contribution in [0.5, 0.6) is 5.75 Å². The lowest BCUT2D eigenvalue weighted by Gasteiger charge is -2.15. The SMILES string of the molecule is O=C(NCc1cccc(C(=O)N2CCCC2)c1)c1ccc(COc2ccc3ccccc3c2)o1. The molecule has 6 heteroatoms. The van der Waals surface area contributed by atoms with Gasteiger partial charge in [-0.25, -0.2) is 0 Å². The van der Waals surface area contributed by atoms with E-state index in [1.807, 2.05) is 65.6 Å². The lowest BCUT2D eigenvalue weighted by atomic mass is 10.1. The Hall–Kier alpha value is -4.06. The van der Waals surface area contributed by atoms with Crippen molar-refractivity contribution in [3.05, 3.63) is 102 Å². The number of carbonyl (C=O) groups is 2. The number of nitrogens with one attached hydrogen (secondary N) is 1. The molecule has 4 aromatic rings. The number of furan rings is 1. The predicted molar refractivity (Wildman–Crippen MR) is 130 cm³/mol. The van der Waals surface area contributed by atoms with Gasteiger partial charge in [0, 0.05) is 25.2 Å². The van der Waals surface area contributed by atoms with E-state index in [4.69, 9.17) is 9.15 Å². The summed E-state index contributed by atoms with van der Waals surface area (Å²) in [6, 6.07) is 24.8. The molecule has 1 fully saturated rings. The standard InChI is InChI=1S/C28H26N2O4/c31-27(29-18-20-6-5-9-23(16-20)28(32)30-14-3-4-15-30)26-13-12-25(34-26)19-33-24-11-10-21-7-1-2-8-22(21)17-24/h1-2,5-13,16-17H,3-4,14-15,18-19H2,(H,29,31). The van der Waals surface area contributed by atoms with Crippen molar-refractivity contribution in [2.75, 3.05) is 13.1 Å². The molecule has 1 aliphatic rings. The molecule has 2 heterocycles. The molecule has 0 aliphatic carbocycles. The summed E-state index contributed by atoms with van der Waals surface area (Å²) in [6.07, 6.45) is 2.11. The van der Waals surface area contributed by atoms with Crippen LogP contribution in [0.3, 0.4) is 0 Å². The normalized spacial score (nSPS) is 13.2. The Morgan fingerprint density at radius 3 is 2.56 bits per heavy atom. The fourth-order valence-electron chi connectivity index (χ4n) is 4.18. The van der Waals surface area contributed by atoms with Crippen LogP contribution in [0.2, 0.25) is 0 Å². The minimum atomic E-state index is -0.312. The number of likely N-dealkylation sites (tertiary alicyclic amines) is 1. The van der Waals surface area contributed by atoms with Crippen LogP contribution in [0.4, 0.5) is 0 Å². The highest BCUT2D eigenvalue weighted by atomic mass is 16.5. The molecule has 2 amide bonds. The molecule has 5 rings (SSSR count). The number of ether oxygens (including phenoxy) is 1. The van der Waals surface area contributed by atoms with E-state index in [-0.39, 0.29) is 24.2 Å². The van der Waals surface area contributed by atoms with Crippen LogP contribution in [0, 0.1) is 0 Å². The monoisotopic (exact) mass is 454 g/mol. The van der Waals surface area contributed by atoms with Crippen molar-refractivity contribution in [3.8, 4) is 5.75 Å². The zero-order valence-corrected chi connectivity index (χ0v) is 18.8. The average molecular weight is 455 g/mol. The summed E-state index contributed by atoms with van der Waals surface area (Å²) < 4.78 is 11.5. The maximum atomic E-state index is 12.6. The second kappa shape index (κ2) is 9.83. The molecule has 1 aromatic heterocycles. The summed E-state index contributed by atoms with van der Waals surface area (Å²) in [5, 5.41) is 5.11. The quantitative estimate of drug-likeness (QED) is 0.418. The third kappa shape index (κ3) is 4.96. The van der Waals surface area contributed by atoms with E-state index in [9.17, 15) is 9.59 Å². The molecule has 1 saturated heterocycles. The van der Waals surface area contributed by atoms with Gasteiger partial charge < -0.3 is 19.4 Å². The molecular formula is C28H26N2O4. The van der Waals surface area contributed by atoms with Crippen molar-refractivity contribution in [1.29, 1.82) is 0 Å². The molecule has 1 N–H and O–H groups in total. The fourth-order valence-corrected chi connectivity index (χ4v) is 4.18. The maximum Gasteiger partial charge on any atom is 0.287 e. The van der Waals surface area contributed by atoms with Gasteiger partial charge in [0.1, 0.15) is 18.1 Å². The van der Waals surface area contributed by atoms with Crippen LogP contribution < -0.4 is 10.1 Å². The van der Waals surface area contributed by atoms with Crippen molar-refractivity contribution in [2.45, 2.75) is 26.0 Å². The van der Waals surface area contributed by atoms with Crippen molar-refractivity contribution in [1.82, 2.24) is 10.2 Å². The van der Waals surface area contributed by atoms with Crippen molar-refractivity contribution in [3.63, 3.8) is 0 Å². The third-order valence-electron chi connectivity index (χ3n) is 6.01. The molecule has 0 bridgehead atoms. The first-order valence-corrected chi connectivity index (χ1v) is 11.5. The van der Waals surface area contributed by atoms with Gasteiger partial charge in [0.25, 0.3) is 11.8 Å². The molecule has 172 valence electrons. The van der Waals surface area contributed by atoms with E-state index in [1.54, 1.807) is 12.1 Å². The lowest BCUT2D eigenvalue weighted by molar-refractivity contribution is 0.0792. The number of fused-ring (bicyclic) bond motifs is 1. The summed E-state index contributed by atoms with van der Waals surface area (Å²) in [5.41, 5.74) is 1.52. The van der Waals surface area contributed by atoms with E-state index < -0.39 is 0 Å². The highest BCUT2D eigenvalue weighted by Gasteiger charge is 2.19. The topological polar surface area (TPSA) is 71.8 Å². The number of rotatable bonds is 7. The molecule has 6 nitrogen and oxygen atoms in total. The smallest absolute Gasteiger partial charge is 0.287 e. The number of hydrogen-bond acceptors (Lipinski definition) is 4. The Balaban J connectivity index is 1.16. The Morgan fingerprint density at radius 2 is 1.71 bits per heavy atom. The Bertz CT molecular complexity index is 1320. The molecule has 0 radical (unpaired) electrons. The van der Waals surface area contributed by atoms with Gasteiger partial charge >= 0.3 is 0 Å². The number of hydrogen-bond donors (Lipinski definition) is 1. The second-order valence-corrected chi connectivity index (χ2v) is 8.45. The number of carbonyl (C=O) groups excluding carboxylic acids is 2. The zero-order chi connectivity index (χ0) is 23.3. The largest absolute Gasteiger partial charge is 0.486 e. The minimum Gasteiger partial charge on any atom is -0.486 e. The van der Waals surface area contributed by atoms with Gasteiger partial charge in [0.15, 0.2) is 5.76 Å². The number of nitrogens with zero attached hydrogens (tertiary/aromatic N) is 1. The van der Waals surface area contributed by atoms with Gasteiger partial charge in [-0.1, -0.05) is 42.5 Å². The highest BCUT2D eigenvalue weighted by Crippen LogP contribution is 2.22. The van der Waals surface area contributed by atoms with E-state index in [2.05, 4.69) is 11.4 Å². The first-order valence-electron chi connectivity index (χ1n) is 11.5. The Morgan fingerprint density at radius 1 is 0.882 bits per heavy atom. The lowest BCUT2D eigenvalue weighted by Crippen LogP contribution is -2.28. The molecule has 0 atom stereocenters. The van der Waals surface area contributed by atoms with Gasteiger partial charge in [0.2, 0.25) is 0 Å². The zero-order valence-electron chi connectivity index (χ0n) is 18.8. The summed E-state index contributed by atoms with van der Waals surface area (Å²) in [6.45, 7) is 2.16. The molecule has 0 spiro atoms. The van der Waals surface area contributed by atoms with Crippen molar-refractivity contribution in [2.24, 2.45) is 0 Å². The molecule has 1 aliphatic heterocycles. The molecule has 3 aromatic carbocycles. The second-order valence-electron chi connectivity index (χ2n) is 8.45. The van der Waals surface area contributed by atoms with Gasteiger partial charge in [-0.15, -0.1) is 0 Å². The average Bonchev–Trinajstić information content (AvgIpc) is 3.58. The summed E-state index contributed by atoms with van der Waals surface area (Å²) >= 11 is 0. The van der Waals surface area contributed by atoms with Crippen LogP contribution in [-0.4, -0.2) is 29.8 Å². The summed E-state index contributed by atoms with van der Waals surface area (Å²) in [5.74, 6) is 1.27. The summed E-state index contributed by atoms with van der Waals surface area (Å²) in [4.78, 5) is 27.0.